The molecule has 3 heterocycles. The first-order valence-electron chi connectivity index (χ1n) is 24.4. The minimum absolute atomic E-state index is 0.00572. The summed E-state index contributed by atoms with van der Waals surface area (Å²) in [6, 6.07) is 4.41. The summed E-state index contributed by atoms with van der Waals surface area (Å²) in [7, 11) is 0. The number of phenols is 1. The zero-order valence-corrected chi connectivity index (χ0v) is 41.3. The Balaban J connectivity index is 1.35. The Bertz CT molecular complexity index is 2470. The molecular weight excluding hydrogens is 963 g/mol. The van der Waals surface area contributed by atoms with E-state index in [-0.39, 0.29) is 76.3 Å². The van der Waals surface area contributed by atoms with E-state index in [1.54, 1.807) is 56.3 Å². The highest BCUT2D eigenvalue weighted by molar-refractivity contribution is 5.98. The second-order valence-electron chi connectivity index (χ2n) is 18.7. The van der Waals surface area contributed by atoms with Gasteiger partial charge in [0.05, 0.1) is 18.8 Å². The number of hydrogen-bond acceptors (Lipinski definition) is 13. The van der Waals surface area contributed by atoms with Gasteiger partial charge >= 0.3 is 11.9 Å². The number of H-pyrrole nitrogens is 1. The van der Waals surface area contributed by atoms with Gasteiger partial charge < -0.3 is 73.9 Å². The number of aromatic nitrogens is 2. The molecular formula is C49H67N13O12. The van der Waals surface area contributed by atoms with Crippen LogP contribution in [0.1, 0.15) is 75.6 Å². The van der Waals surface area contributed by atoms with Crippen LogP contribution in [0.25, 0.3) is 0 Å². The molecule has 0 unspecified atom stereocenters. The number of aromatic amines is 1. The number of rotatable bonds is 26. The Morgan fingerprint density at radius 1 is 0.716 bits per heavy atom. The van der Waals surface area contributed by atoms with Gasteiger partial charge in [-0.15, -0.1) is 0 Å². The Morgan fingerprint density at radius 2 is 1.27 bits per heavy atom. The third kappa shape index (κ3) is 16.5. The average molecular weight is 1030 g/mol. The Labute approximate surface area is 426 Å². The monoisotopic (exact) mass is 1030 g/mol. The fraction of sp³-hybridized carbons (Fsp3) is 0.490. The lowest BCUT2D eigenvalue weighted by molar-refractivity contribution is -0.145. The highest BCUT2D eigenvalue weighted by Gasteiger charge is 2.43. The van der Waals surface area contributed by atoms with Gasteiger partial charge in [0.2, 0.25) is 41.4 Å². The summed E-state index contributed by atoms with van der Waals surface area (Å²) in [5.74, 6) is -8.69. The normalized spacial score (nSPS) is 17.7. The smallest absolute Gasteiger partial charge is 0.326 e. The van der Waals surface area contributed by atoms with Crippen molar-refractivity contribution in [3.8, 4) is 5.75 Å². The van der Waals surface area contributed by atoms with Crippen LogP contribution in [0, 0.1) is 5.92 Å². The number of amides is 7. The van der Waals surface area contributed by atoms with Crippen LogP contribution in [0.3, 0.4) is 0 Å². The third-order valence-electron chi connectivity index (χ3n) is 12.7. The Kier molecular flexibility index (Phi) is 20.8. The number of phenolic OH excluding ortho intramolecular Hbond substituents is 1. The summed E-state index contributed by atoms with van der Waals surface area (Å²) in [6.07, 6.45) is 3.26. The molecule has 400 valence electrons. The van der Waals surface area contributed by atoms with Crippen molar-refractivity contribution >= 4 is 59.2 Å². The number of imidazole rings is 1. The molecule has 0 radical (unpaired) electrons. The predicted molar refractivity (Wildman–Crippen MR) is 266 cm³/mol. The summed E-state index contributed by atoms with van der Waals surface area (Å²) in [6.45, 7) is 3.55. The molecule has 2 aromatic carbocycles. The number of nitrogens with one attached hydrogen (secondary N) is 6. The predicted octanol–water partition coefficient (Wildman–Crippen LogP) is -1.85. The van der Waals surface area contributed by atoms with Gasteiger partial charge in [0.1, 0.15) is 48.0 Å². The number of benzene rings is 2. The minimum Gasteiger partial charge on any atom is -0.508 e. The first-order chi connectivity index (χ1) is 35.2. The van der Waals surface area contributed by atoms with Gasteiger partial charge in [0.25, 0.3) is 0 Å². The molecule has 0 spiro atoms. The molecule has 2 saturated heterocycles. The number of guanidine groups is 1. The lowest BCUT2D eigenvalue weighted by Crippen LogP contribution is -2.61. The van der Waals surface area contributed by atoms with E-state index in [1.807, 2.05) is 0 Å². The van der Waals surface area contributed by atoms with Crippen molar-refractivity contribution in [2.24, 2.45) is 28.1 Å². The Hall–Kier alpha value is -8.09. The Morgan fingerprint density at radius 3 is 1.81 bits per heavy atom. The number of aromatic hydroxyl groups is 1. The number of likely N-dealkylation sites (tertiary alicyclic amines) is 2. The van der Waals surface area contributed by atoms with Crippen molar-refractivity contribution in [2.75, 3.05) is 19.6 Å². The molecule has 25 nitrogen and oxygen atoms in total. The summed E-state index contributed by atoms with van der Waals surface area (Å²) in [4.78, 5) is 136. The van der Waals surface area contributed by atoms with E-state index >= 15 is 0 Å². The van der Waals surface area contributed by atoms with Gasteiger partial charge in [0.15, 0.2) is 5.96 Å². The van der Waals surface area contributed by atoms with E-state index < -0.39 is 114 Å². The average Bonchev–Trinajstić information content (AvgIpc) is 4.17. The van der Waals surface area contributed by atoms with Crippen molar-refractivity contribution in [2.45, 2.75) is 126 Å². The van der Waals surface area contributed by atoms with Crippen molar-refractivity contribution < 1.29 is 58.5 Å². The van der Waals surface area contributed by atoms with E-state index in [0.29, 0.717) is 29.7 Å². The molecule has 74 heavy (non-hydrogen) atoms. The molecule has 0 aliphatic carbocycles. The fourth-order valence-corrected chi connectivity index (χ4v) is 8.86. The number of carboxylic acids is 2. The van der Waals surface area contributed by atoms with Crippen LogP contribution in [0.4, 0.5) is 0 Å². The molecule has 8 atom stereocenters. The lowest BCUT2D eigenvalue weighted by Gasteiger charge is -2.32. The zero-order chi connectivity index (χ0) is 54.1. The van der Waals surface area contributed by atoms with Crippen molar-refractivity contribution in [1.82, 2.24) is 46.4 Å². The first-order valence-corrected chi connectivity index (χ1v) is 24.4. The topological polar surface area (TPSA) is 400 Å². The van der Waals surface area contributed by atoms with Crippen LogP contribution in [0.2, 0.25) is 0 Å². The van der Waals surface area contributed by atoms with E-state index in [0.717, 1.165) is 0 Å². The van der Waals surface area contributed by atoms with E-state index in [4.69, 9.17) is 22.3 Å². The maximum Gasteiger partial charge on any atom is 0.326 e. The second-order valence-corrected chi connectivity index (χ2v) is 18.7. The van der Waals surface area contributed by atoms with E-state index in [9.17, 15) is 53.4 Å². The molecule has 2 aliphatic heterocycles. The van der Waals surface area contributed by atoms with Crippen molar-refractivity contribution in [3.63, 3.8) is 0 Å². The molecule has 2 fully saturated rings. The number of carboxylic acid groups (broad SMARTS) is 2. The highest BCUT2D eigenvalue weighted by Crippen LogP contribution is 2.24. The number of carbonyl (C=O) groups excluding carboxylic acids is 7. The van der Waals surface area contributed by atoms with Crippen molar-refractivity contribution in [1.29, 1.82) is 0 Å². The fourth-order valence-electron chi connectivity index (χ4n) is 8.86. The molecule has 15 N–H and O–H groups in total. The van der Waals surface area contributed by atoms with Crippen LogP contribution in [0.5, 0.6) is 5.75 Å². The van der Waals surface area contributed by atoms with E-state index in [1.165, 1.54) is 34.5 Å². The van der Waals surface area contributed by atoms with Crippen LogP contribution in [-0.2, 0) is 62.4 Å². The van der Waals surface area contributed by atoms with Gasteiger partial charge in [-0.25, -0.2) is 9.78 Å². The molecule has 0 bridgehead atoms. The molecule has 0 saturated carbocycles. The molecule has 1 aromatic heterocycles. The maximum absolute atomic E-state index is 14.8. The molecule has 3 aromatic rings. The van der Waals surface area contributed by atoms with Gasteiger partial charge in [-0.1, -0.05) is 56.3 Å². The van der Waals surface area contributed by atoms with Gasteiger partial charge in [-0.2, -0.15) is 0 Å². The second kappa shape index (κ2) is 27.1. The number of aliphatic carboxylic acids is 2. The number of aliphatic imine (C=N–C) groups is 1. The quantitative estimate of drug-likeness (QED) is 0.0238. The number of nitrogens with two attached hydrogens (primary N) is 3. The zero-order valence-electron chi connectivity index (χ0n) is 41.3. The molecule has 7 amide bonds. The summed E-state index contributed by atoms with van der Waals surface area (Å²) in [5.41, 5.74) is 18.3. The summed E-state index contributed by atoms with van der Waals surface area (Å²) >= 11 is 0. The third-order valence-corrected chi connectivity index (χ3v) is 12.7. The van der Waals surface area contributed by atoms with Crippen molar-refractivity contribution in [3.05, 3.63) is 83.9 Å². The molecule has 25 heteroatoms. The summed E-state index contributed by atoms with van der Waals surface area (Å²) < 4.78 is 0. The highest BCUT2D eigenvalue weighted by atomic mass is 16.4. The van der Waals surface area contributed by atoms with Crippen LogP contribution < -0.4 is 43.8 Å². The number of nitrogens with zero attached hydrogens (tertiary/aromatic N) is 4. The summed E-state index contributed by atoms with van der Waals surface area (Å²) in [5, 5.41) is 42.4. The first kappa shape index (κ1) is 56.8. The standard InChI is InChI=1S/C49H67N13O12/c1-27(2)40(60-42(67)33(11-6-18-54-49(51)52)56-41(66)32(50)24-39(64)65)45(70)58-34(21-29-14-16-31(63)17-15-29)46(71)61-19-7-12-37(61)43(68)57-35(23-30-25-53-26-55-30)47(72)62-20-8-13-38(62)44(69)59-36(48(73)74)22-28-9-4-3-5-10-28/h3-5,9-10,14-17,25-27,32-38,40,63H,6-8,11-13,18-24,50H2,1-2H3,(H,53,55)(H,56,66)(H,57,68)(H,58,70)(H,59,69)(H,60,67)(H,64,65)(H,73,74)(H4,51,52,54)/t32-,33-,34-,35-,36-,37-,38-,40-/m0/s1. The van der Waals surface area contributed by atoms with Crippen LogP contribution in [0.15, 0.2) is 72.1 Å². The van der Waals surface area contributed by atoms with Gasteiger partial charge in [-0.05, 0) is 67.7 Å². The van der Waals surface area contributed by atoms with Crippen LogP contribution >= 0.6 is 0 Å². The maximum atomic E-state index is 14.8. The SMILES string of the molecule is CC(C)[C@H](NC(=O)[C@H](CCCN=C(N)N)NC(=O)[C@@H](N)CC(=O)O)C(=O)N[C@@H](Cc1ccc(O)cc1)C(=O)N1CCC[C@H]1C(=O)N[C@@H](Cc1cnc[nH]1)C(=O)N1CCC[C@H]1C(=O)N[C@@H](Cc1ccccc1)C(=O)O. The number of carbonyl (C=O) groups is 9. The van der Waals surface area contributed by atoms with Gasteiger partial charge in [0, 0.05) is 50.8 Å². The molecule has 2 aliphatic rings. The molecule has 5 rings (SSSR count). The minimum atomic E-state index is -1.50. The largest absolute Gasteiger partial charge is 0.508 e. The van der Waals surface area contributed by atoms with Gasteiger partial charge in [-0.3, -0.25) is 43.3 Å². The number of hydrogen-bond donors (Lipinski definition) is 12. The lowest BCUT2D eigenvalue weighted by atomic mass is 9.99. The van der Waals surface area contributed by atoms with Crippen LogP contribution in [-0.4, -0.2) is 162 Å². The van der Waals surface area contributed by atoms with E-state index in [2.05, 4.69) is 41.5 Å².